The lowest BCUT2D eigenvalue weighted by atomic mass is 10.2. The van der Waals surface area contributed by atoms with E-state index in [4.69, 9.17) is 9.63 Å². The molecule has 0 aliphatic carbocycles. The van der Waals surface area contributed by atoms with E-state index in [0.717, 1.165) is 28.2 Å². The van der Waals surface area contributed by atoms with Crippen molar-refractivity contribution >= 4 is 16.9 Å². The summed E-state index contributed by atoms with van der Waals surface area (Å²) in [6.07, 6.45) is 3.24. The van der Waals surface area contributed by atoms with Gasteiger partial charge < -0.3 is 14.5 Å². The first-order chi connectivity index (χ1) is 10.6. The zero-order chi connectivity index (χ0) is 15.7. The molecule has 0 atom stereocenters. The monoisotopic (exact) mass is 302 g/mol. The molecule has 0 unspecified atom stereocenters. The average molecular weight is 302 g/mol. The third-order valence-electron chi connectivity index (χ3n) is 3.66. The van der Waals surface area contributed by atoms with Crippen molar-refractivity contribution in [3.8, 4) is 0 Å². The molecule has 3 aromatic heterocycles. The van der Waals surface area contributed by atoms with Gasteiger partial charge in [0.25, 0.3) is 0 Å². The Labute approximate surface area is 127 Å². The summed E-state index contributed by atoms with van der Waals surface area (Å²) in [5, 5.41) is 18.2. The molecule has 0 bridgehead atoms. The van der Waals surface area contributed by atoms with Gasteiger partial charge in [-0.05, 0) is 13.8 Å². The Hall–Kier alpha value is -2.48. The van der Waals surface area contributed by atoms with Crippen molar-refractivity contribution in [3.05, 3.63) is 29.5 Å². The third-order valence-corrected chi connectivity index (χ3v) is 3.66. The maximum Gasteiger partial charge on any atom is 0.163 e. The van der Waals surface area contributed by atoms with Crippen LogP contribution in [-0.2, 0) is 13.1 Å². The molecule has 3 aromatic rings. The smallest absolute Gasteiger partial charge is 0.163 e. The van der Waals surface area contributed by atoms with Gasteiger partial charge in [0.1, 0.15) is 17.9 Å². The number of aromatic nitrogens is 5. The van der Waals surface area contributed by atoms with Crippen LogP contribution in [0, 0.1) is 13.8 Å². The molecular formula is C14H18N6O2. The molecule has 3 rings (SSSR count). The molecule has 3 heterocycles. The third kappa shape index (κ3) is 2.41. The lowest BCUT2D eigenvalue weighted by Crippen LogP contribution is -2.19. The molecule has 8 heteroatoms. The molecule has 0 radical (unpaired) electrons. The van der Waals surface area contributed by atoms with Crippen molar-refractivity contribution < 1.29 is 9.63 Å². The molecule has 1 N–H and O–H groups in total. The Morgan fingerprint density at radius 2 is 2.14 bits per heavy atom. The standard InChI is InChI=1S/C14H18N6O2/c1-9-12(10(2)22-18-9)7-19(3)13-11-6-17-20(4-5-21)14(11)16-8-15-13/h6,8,21H,4-5,7H2,1-3H3. The van der Waals surface area contributed by atoms with E-state index in [0.29, 0.717) is 18.7 Å². The quantitative estimate of drug-likeness (QED) is 0.753. The van der Waals surface area contributed by atoms with Crippen molar-refractivity contribution in [3.63, 3.8) is 0 Å². The Kier molecular flexibility index (Phi) is 3.76. The van der Waals surface area contributed by atoms with Crippen LogP contribution in [0.5, 0.6) is 0 Å². The van der Waals surface area contributed by atoms with Gasteiger partial charge in [-0.1, -0.05) is 5.16 Å². The predicted molar refractivity (Wildman–Crippen MR) is 80.5 cm³/mol. The summed E-state index contributed by atoms with van der Waals surface area (Å²) < 4.78 is 6.87. The molecule has 0 saturated carbocycles. The normalized spacial score (nSPS) is 11.3. The first-order valence-electron chi connectivity index (χ1n) is 7.02. The summed E-state index contributed by atoms with van der Waals surface area (Å²) in [6, 6.07) is 0. The van der Waals surface area contributed by atoms with Crippen molar-refractivity contribution in [1.82, 2.24) is 24.9 Å². The maximum absolute atomic E-state index is 9.08. The van der Waals surface area contributed by atoms with Crippen LogP contribution < -0.4 is 4.90 Å². The van der Waals surface area contributed by atoms with E-state index in [1.165, 1.54) is 6.33 Å². The fourth-order valence-electron chi connectivity index (χ4n) is 2.48. The van der Waals surface area contributed by atoms with Crippen molar-refractivity contribution in [1.29, 1.82) is 0 Å². The Morgan fingerprint density at radius 1 is 1.32 bits per heavy atom. The molecular weight excluding hydrogens is 284 g/mol. The topological polar surface area (TPSA) is 93.1 Å². The highest BCUT2D eigenvalue weighted by atomic mass is 16.5. The second-order valence-electron chi connectivity index (χ2n) is 5.18. The number of hydrogen-bond acceptors (Lipinski definition) is 7. The maximum atomic E-state index is 9.08. The fourth-order valence-corrected chi connectivity index (χ4v) is 2.48. The van der Waals surface area contributed by atoms with Gasteiger partial charge >= 0.3 is 0 Å². The van der Waals surface area contributed by atoms with Crippen LogP contribution in [0.4, 0.5) is 5.82 Å². The van der Waals surface area contributed by atoms with Crippen LogP contribution in [0.25, 0.3) is 11.0 Å². The van der Waals surface area contributed by atoms with Gasteiger partial charge in [0.05, 0.1) is 30.4 Å². The van der Waals surface area contributed by atoms with E-state index < -0.39 is 0 Å². The average Bonchev–Trinajstić information content (AvgIpc) is 3.06. The van der Waals surface area contributed by atoms with E-state index in [9.17, 15) is 0 Å². The zero-order valence-electron chi connectivity index (χ0n) is 12.8. The van der Waals surface area contributed by atoms with Gasteiger partial charge in [0.2, 0.25) is 0 Å². The molecule has 22 heavy (non-hydrogen) atoms. The van der Waals surface area contributed by atoms with Crippen LogP contribution >= 0.6 is 0 Å². The number of fused-ring (bicyclic) bond motifs is 1. The summed E-state index contributed by atoms with van der Waals surface area (Å²) in [5.41, 5.74) is 2.65. The zero-order valence-corrected chi connectivity index (χ0v) is 12.8. The molecule has 0 amide bonds. The van der Waals surface area contributed by atoms with Crippen molar-refractivity contribution in [2.75, 3.05) is 18.6 Å². The number of anilines is 1. The van der Waals surface area contributed by atoms with Gasteiger partial charge in [-0.3, -0.25) is 0 Å². The number of nitrogens with zero attached hydrogens (tertiary/aromatic N) is 6. The van der Waals surface area contributed by atoms with Crippen molar-refractivity contribution in [2.24, 2.45) is 0 Å². The van der Waals surface area contributed by atoms with Gasteiger partial charge in [0.15, 0.2) is 5.65 Å². The van der Waals surface area contributed by atoms with E-state index in [-0.39, 0.29) is 6.61 Å². The number of aliphatic hydroxyl groups is 1. The van der Waals surface area contributed by atoms with Gasteiger partial charge in [0, 0.05) is 19.2 Å². The highest BCUT2D eigenvalue weighted by Gasteiger charge is 2.16. The second kappa shape index (κ2) is 5.72. The molecule has 116 valence electrons. The van der Waals surface area contributed by atoms with Gasteiger partial charge in [-0.2, -0.15) is 5.10 Å². The van der Waals surface area contributed by atoms with Crippen LogP contribution in [0.2, 0.25) is 0 Å². The van der Waals surface area contributed by atoms with E-state index in [1.807, 2.05) is 25.8 Å². The summed E-state index contributed by atoms with van der Waals surface area (Å²) >= 11 is 0. The number of hydrogen-bond donors (Lipinski definition) is 1. The fraction of sp³-hybridized carbons (Fsp3) is 0.429. The van der Waals surface area contributed by atoms with Crippen LogP contribution in [-0.4, -0.2) is 43.7 Å². The number of rotatable bonds is 5. The molecule has 0 fully saturated rings. The van der Waals surface area contributed by atoms with Crippen LogP contribution in [0.3, 0.4) is 0 Å². The van der Waals surface area contributed by atoms with Gasteiger partial charge in [-0.15, -0.1) is 0 Å². The van der Waals surface area contributed by atoms with E-state index in [2.05, 4.69) is 20.2 Å². The Morgan fingerprint density at radius 3 is 2.82 bits per heavy atom. The second-order valence-corrected chi connectivity index (χ2v) is 5.18. The number of aryl methyl sites for hydroxylation is 2. The van der Waals surface area contributed by atoms with Crippen LogP contribution in [0.15, 0.2) is 17.0 Å². The first-order valence-corrected chi connectivity index (χ1v) is 7.02. The molecule has 0 aliphatic heterocycles. The minimum absolute atomic E-state index is 0.0189. The largest absolute Gasteiger partial charge is 0.394 e. The minimum Gasteiger partial charge on any atom is -0.394 e. The molecule has 0 aliphatic rings. The van der Waals surface area contributed by atoms with Crippen molar-refractivity contribution in [2.45, 2.75) is 26.9 Å². The highest BCUT2D eigenvalue weighted by Crippen LogP contribution is 2.24. The molecule has 0 spiro atoms. The summed E-state index contributed by atoms with van der Waals surface area (Å²) in [5.74, 6) is 1.60. The molecule has 0 aromatic carbocycles. The SMILES string of the molecule is Cc1noc(C)c1CN(C)c1ncnc2c1cnn2CCO. The van der Waals surface area contributed by atoms with Gasteiger partial charge in [-0.25, -0.2) is 14.6 Å². The summed E-state index contributed by atoms with van der Waals surface area (Å²) in [7, 11) is 1.96. The minimum atomic E-state index is 0.0189. The highest BCUT2D eigenvalue weighted by molar-refractivity contribution is 5.86. The molecule has 0 saturated heterocycles. The first kappa shape index (κ1) is 14.5. The summed E-state index contributed by atoms with van der Waals surface area (Å²) in [4.78, 5) is 10.6. The Balaban J connectivity index is 1.96. The lowest BCUT2D eigenvalue weighted by molar-refractivity contribution is 0.271. The van der Waals surface area contributed by atoms with E-state index >= 15 is 0 Å². The van der Waals surface area contributed by atoms with Crippen LogP contribution in [0.1, 0.15) is 17.0 Å². The predicted octanol–water partition coefficient (Wildman–Crippen LogP) is 1.06. The number of aliphatic hydroxyl groups excluding tert-OH is 1. The Bertz CT molecular complexity index is 774. The lowest BCUT2D eigenvalue weighted by Gasteiger charge is -2.18. The molecule has 8 nitrogen and oxygen atoms in total. The van der Waals surface area contributed by atoms with E-state index in [1.54, 1.807) is 10.9 Å². The summed E-state index contributed by atoms with van der Waals surface area (Å²) in [6.45, 7) is 4.89.